The summed E-state index contributed by atoms with van der Waals surface area (Å²) in [5.41, 5.74) is 2.44. The second-order valence-corrected chi connectivity index (χ2v) is 7.30. The first-order valence-electron chi connectivity index (χ1n) is 10.4. The van der Waals surface area contributed by atoms with E-state index in [2.05, 4.69) is 10.6 Å². The Bertz CT molecular complexity index is 1110. The van der Waals surface area contributed by atoms with Crippen molar-refractivity contribution in [3.05, 3.63) is 95.6 Å². The first-order valence-corrected chi connectivity index (χ1v) is 10.4. The molecule has 0 bridgehead atoms. The van der Waals surface area contributed by atoms with E-state index in [1.54, 1.807) is 77.7 Å². The molecule has 1 fully saturated rings. The zero-order chi connectivity index (χ0) is 22.3. The molecular weight excluding hydrogens is 406 g/mol. The minimum absolute atomic E-state index is 0.136. The summed E-state index contributed by atoms with van der Waals surface area (Å²) in [4.78, 5) is 39.7. The van der Waals surface area contributed by atoms with Gasteiger partial charge in [0.25, 0.3) is 17.7 Å². The molecule has 0 saturated carbocycles. The average molecular weight is 429 g/mol. The Hall–Kier alpha value is -3.97. The molecule has 0 aliphatic carbocycles. The lowest BCUT2D eigenvalue weighted by molar-refractivity contribution is 0.0303. The maximum absolute atomic E-state index is 12.9. The van der Waals surface area contributed by atoms with Gasteiger partial charge in [0.2, 0.25) is 0 Å². The Morgan fingerprint density at radius 1 is 0.688 bits per heavy atom. The van der Waals surface area contributed by atoms with Crippen LogP contribution in [0.1, 0.15) is 31.1 Å². The second-order valence-electron chi connectivity index (χ2n) is 7.30. The molecule has 0 unspecified atom stereocenters. The normalized spacial score (nSPS) is 13.3. The van der Waals surface area contributed by atoms with Crippen LogP contribution in [0.2, 0.25) is 0 Å². The number of para-hydroxylation sites is 1. The highest BCUT2D eigenvalue weighted by molar-refractivity contribution is 6.09. The molecule has 162 valence electrons. The van der Waals surface area contributed by atoms with Crippen molar-refractivity contribution < 1.29 is 19.1 Å². The van der Waals surface area contributed by atoms with Crippen LogP contribution in [-0.4, -0.2) is 48.9 Å². The molecule has 3 aromatic rings. The smallest absolute Gasteiger partial charge is 0.256 e. The van der Waals surface area contributed by atoms with Crippen molar-refractivity contribution in [2.45, 2.75) is 0 Å². The number of hydrogen-bond donors (Lipinski definition) is 2. The molecule has 1 heterocycles. The number of rotatable bonds is 5. The number of benzene rings is 3. The number of amides is 3. The van der Waals surface area contributed by atoms with Crippen molar-refractivity contribution in [2.24, 2.45) is 0 Å². The number of carbonyl (C=O) groups is 3. The lowest BCUT2D eigenvalue weighted by Gasteiger charge is -2.27. The van der Waals surface area contributed by atoms with Gasteiger partial charge in [0, 0.05) is 29.9 Å². The molecule has 0 radical (unpaired) electrons. The highest BCUT2D eigenvalue weighted by Crippen LogP contribution is 2.20. The third-order valence-corrected chi connectivity index (χ3v) is 5.14. The number of carbonyl (C=O) groups excluding carboxylic acids is 3. The molecule has 2 N–H and O–H groups in total. The van der Waals surface area contributed by atoms with Crippen molar-refractivity contribution >= 4 is 29.1 Å². The first kappa shape index (κ1) is 21.3. The average Bonchev–Trinajstić information content (AvgIpc) is 2.85. The highest BCUT2D eigenvalue weighted by atomic mass is 16.5. The fourth-order valence-corrected chi connectivity index (χ4v) is 3.41. The molecule has 1 saturated heterocycles. The summed E-state index contributed by atoms with van der Waals surface area (Å²) >= 11 is 0. The molecule has 7 heteroatoms. The lowest BCUT2D eigenvalue weighted by Crippen LogP contribution is -2.41. The molecule has 0 aromatic heterocycles. The van der Waals surface area contributed by atoms with Gasteiger partial charge in [0.1, 0.15) is 0 Å². The van der Waals surface area contributed by atoms with Crippen LogP contribution >= 0.6 is 0 Å². The summed E-state index contributed by atoms with van der Waals surface area (Å²) in [6, 6.07) is 22.4. The fourth-order valence-electron chi connectivity index (χ4n) is 3.41. The zero-order valence-electron chi connectivity index (χ0n) is 17.4. The lowest BCUT2D eigenvalue weighted by atomic mass is 10.1. The van der Waals surface area contributed by atoms with Gasteiger partial charge in [-0.15, -0.1) is 0 Å². The predicted octanol–water partition coefficient (Wildman–Crippen LogP) is 3.66. The van der Waals surface area contributed by atoms with Crippen LogP contribution in [-0.2, 0) is 4.74 Å². The summed E-state index contributed by atoms with van der Waals surface area (Å²) in [6.07, 6.45) is 0. The van der Waals surface area contributed by atoms with Crippen molar-refractivity contribution in [3.8, 4) is 0 Å². The van der Waals surface area contributed by atoms with Crippen molar-refractivity contribution in [3.63, 3.8) is 0 Å². The SMILES string of the molecule is O=C(Nc1ccc(C(=O)Nc2ccccc2C(=O)N2CCOCC2)cc1)c1ccccc1. The highest BCUT2D eigenvalue weighted by Gasteiger charge is 2.21. The van der Waals surface area contributed by atoms with Gasteiger partial charge in [-0.05, 0) is 48.5 Å². The molecule has 4 rings (SSSR count). The quantitative estimate of drug-likeness (QED) is 0.648. The Morgan fingerprint density at radius 3 is 2.00 bits per heavy atom. The topological polar surface area (TPSA) is 87.7 Å². The summed E-state index contributed by atoms with van der Waals surface area (Å²) < 4.78 is 5.31. The summed E-state index contributed by atoms with van der Waals surface area (Å²) in [5.74, 6) is -0.699. The number of nitrogens with one attached hydrogen (secondary N) is 2. The van der Waals surface area contributed by atoms with E-state index in [1.165, 1.54) is 0 Å². The summed E-state index contributed by atoms with van der Waals surface area (Å²) in [7, 11) is 0. The molecule has 1 aliphatic heterocycles. The van der Waals surface area contributed by atoms with E-state index in [1.807, 2.05) is 6.07 Å². The Balaban J connectivity index is 1.43. The van der Waals surface area contributed by atoms with Crippen molar-refractivity contribution in [2.75, 3.05) is 36.9 Å². The van der Waals surface area contributed by atoms with Gasteiger partial charge in [-0.25, -0.2) is 0 Å². The van der Waals surface area contributed by atoms with Gasteiger partial charge in [-0.1, -0.05) is 30.3 Å². The molecule has 7 nitrogen and oxygen atoms in total. The van der Waals surface area contributed by atoms with Crippen LogP contribution in [0.15, 0.2) is 78.9 Å². The molecular formula is C25H23N3O4. The number of hydrogen-bond acceptors (Lipinski definition) is 4. The number of morpholine rings is 1. The van der Waals surface area contributed by atoms with Gasteiger partial charge >= 0.3 is 0 Å². The van der Waals surface area contributed by atoms with E-state index in [4.69, 9.17) is 4.74 Å². The van der Waals surface area contributed by atoms with Crippen LogP contribution in [0.4, 0.5) is 11.4 Å². The minimum atomic E-state index is -0.340. The van der Waals surface area contributed by atoms with E-state index in [0.717, 1.165) is 0 Å². The van der Waals surface area contributed by atoms with Crippen LogP contribution in [0.5, 0.6) is 0 Å². The maximum atomic E-state index is 12.9. The van der Waals surface area contributed by atoms with Crippen molar-refractivity contribution in [1.29, 1.82) is 0 Å². The van der Waals surface area contributed by atoms with Gasteiger partial charge < -0.3 is 20.3 Å². The molecule has 0 spiro atoms. The van der Waals surface area contributed by atoms with E-state index >= 15 is 0 Å². The molecule has 1 aliphatic rings. The second kappa shape index (κ2) is 9.89. The Labute approximate surface area is 186 Å². The Kier molecular flexibility index (Phi) is 6.57. The van der Waals surface area contributed by atoms with Gasteiger partial charge in [-0.3, -0.25) is 14.4 Å². The standard InChI is InChI=1S/C25H23N3O4/c29-23(18-6-2-1-3-7-18)26-20-12-10-19(11-13-20)24(30)27-22-9-5-4-8-21(22)25(31)28-14-16-32-17-15-28/h1-13H,14-17H2,(H,26,29)(H,27,30). The van der Waals surface area contributed by atoms with Crippen LogP contribution < -0.4 is 10.6 Å². The summed E-state index contributed by atoms with van der Waals surface area (Å²) in [6.45, 7) is 2.06. The number of anilines is 2. The van der Waals surface area contributed by atoms with E-state index < -0.39 is 0 Å². The predicted molar refractivity (Wildman–Crippen MR) is 122 cm³/mol. The third kappa shape index (κ3) is 5.01. The van der Waals surface area contributed by atoms with Crippen molar-refractivity contribution in [1.82, 2.24) is 4.90 Å². The fraction of sp³-hybridized carbons (Fsp3) is 0.160. The van der Waals surface area contributed by atoms with Gasteiger partial charge in [-0.2, -0.15) is 0 Å². The van der Waals surface area contributed by atoms with Gasteiger partial charge in [0.15, 0.2) is 0 Å². The zero-order valence-corrected chi connectivity index (χ0v) is 17.4. The third-order valence-electron chi connectivity index (χ3n) is 5.14. The molecule has 0 atom stereocenters. The maximum Gasteiger partial charge on any atom is 0.256 e. The number of ether oxygens (including phenoxy) is 1. The Morgan fingerprint density at radius 2 is 1.28 bits per heavy atom. The van der Waals surface area contributed by atoms with E-state index in [-0.39, 0.29) is 17.7 Å². The van der Waals surface area contributed by atoms with E-state index in [9.17, 15) is 14.4 Å². The van der Waals surface area contributed by atoms with Crippen LogP contribution in [0, 0.1) is 0 Å². The monoisotopic (exact) mass is 429 g/mol. The summed E-state index contributed by atoms with van der Waals surface area (Å²) in [5, 5.41) is 5.63. The minimum Gasteiger partial charge on any atom is -0.378 e. The first-order chi connectivity index (χ1) is 15.6. The van der Waals surface area contributed by atoms with E-state index in [0.29, 0.717) is 54.4 Å². The van der Waals surface area contributed by atoms with Gasteiger partial charge in [0.05, 0.1) is 24.5 Å². The molecule has 32 heavy (non-hydrogen) atoms. The molecule has 3 aromatic carbocycles. The van der Waals surface area contributed by atoms with Crippen LogP contribution in [0.25, 0.3) is 0 Å². The molecule has 3 amide bonds. The van der Waals surface area contributed by atoms with Crippen LogP contribution in [0.3, 0.4) is 0 Å². The largest absolute Gasteiger partial charge is 0.378 e. The number of nitrogens with zero attached hydrogens (tertiary/aromatic N) is 1.